The summed E-state index contributed by atoms with van der Waals surface area (Å²) in [5, 5.41) is 17.9. The van der Waals surface area contributed by atoms with Gasteiger partial charge in [-0.25, -0.2) is 0 Å². The molecule has 2 atom stereocenters. The van der Waals surface area contributed by atoms with Gasteiger partial charge in [0, 0.05) is 24.2 Å². The average Bonchev–Trinajstić information content (AvgIpc) is 3.24. The normalized spacial score (nSPS) is 12.0. The zero-order valence-corrected chi connectivity index (χ0v) is 33.1. The highest BCUT2D eigenvalue weighted by Gasteiger charge is 2.22. The molecule has 6 aromatic rings. The summed E-state index contributed by atoms with van der Waals surface area (Å²) in [5.41, 5.74) is 0.925. The Morgan fingerprint density at radius 2 is 0.696 bits per heavy atom. The van der Waals surface area contributed by atoms with Crippen LogP contribution in [0.4, 0.5) is 0 Å². The van der Waals surface area contributed by atoms with Crippen molar-refractivity contribution in [2.45, 2.75) is 25.9 Å². The van der Waals surface area contributed by atoms with E-state index in [4.69, 9.17) is 0 Å². The van der Waals surface area contributed by atoms with Crippen LogP contribution in [0.25, 0.3) is 0 Å². The van der Waals surface area contributed by atoms with E-state index in [0.29, 0.717) is 11.1 Å². The van der Waals surface area contributed by atoms with Crippen LogP contribution >= 0.6 is 15.8 Å². The van der Waals surface area contributed by atoms with Gasteiger partial charge < -0.3 is 21.3 Å². The summed E-state index contributed by atoms with van der Waals surface area (Å²) in [7, 11) is -1.79. The van der Waals surface area contributed by atoms with Crippen molar-refractivity contribution < 1.29 is 19.2 Å². The van der Waals surface area contributed by atoms with Crippen LogP contribution in [0.3, 0.4) is 0 Å². The molecule has 0 spiro atoms. The second kappa shape index (κ2) is 19.6. The van der Waals surface area contributed by atoms with Crippen molar-refractivity contribution in [3.8, 4) is 0 Å². The average molecular weight is 779 g/mol. The molecule has 0 unspecified atom stereocenters. The van der Waals surface area contributed by atoms with Gasteiger partial charge in [-0.15, -0.1) is 0 Å². The second-order valence-corrected chi connectivity index (χ2v) is 17.5. The molecule has 56 heavy (non-hydrogen) atoms. The Labute approximate surface area is 330 Å². The van der Waals surface area contributed by atoms with Crippen molar-refractivity contribution in [1.82, 2.24) is 21.3 Å². The number of benzene rings is 6. The second-order valence-electron chi connectivity index (χ2n) is 13.1. The molecule has 0 saturated carbocycles. The van der Waals surface area contributed by atoms with Crippen molar-refractivity contribution in [3.05, 3.63) is 181 Å². The minimum atomic E-state index is -0.894. The smallest absolute Gasteiger partial charge is 0.251 e. The van der Waals surface area contributed by atoms with Gasteiger partial charge in [-0.05, 0) is 85.8 Å². The predicted octanol–water partition coefficient (Wildman–Crippen LogP) is 4.37. The first-order valence-electron chi connectivity index (χ1n) is 18.5. The molecule has 0 saturated heterocycles. The number of rotatable bonds is 15. The summed E-state index contributed by atoms with van der Waals surface area (Å²) in [6, 6.07) is 54.4. The number of amides is 4. The van der Waals surface area contributed by atoms with Gasteiger partial charge >= 0.3 is 0 Å². The Balaban J connectivity index is 0.984. The minimum Gasteiger partial charge on any atom is -0.353 e. The molecule has 282 valence electrons. The molecule has 4 N–H and O–H groups in total. The van der Waals surface area contributed by atoms with Gasteiger partial charge in [-0.3, -0.25) is 19.2 Å². The maximum atomic E-state index is 13.3. The van der Waals surface area contributed by atoms with Crippen molar-refractivity contribution >= 4 is 71.3 Å². The Hall–Kier alpha value is -5.94. The van der Waals surface area contributed by atoms with Crippen LogP contribution < -0.4 is 53.1 Å². The van der Waals surface area contributed by atoms with Crippen molar-refractivity contribution in [1.29, 1.82) is 0 Å². The zero-order valence-electron chi connectivity index (χ0n) is 31.3. The van der Waals surface area contributed by atoms with Crippen LogP contribution in [-0.2, 0) is 9.59 Å². The quantitative estimate of drug-likeness (QED) is 0.0916. The molecule has 0 fully saturated rings. The third-order valence-corrected chi connectivity index (χ3v) is 13.8. The monoisotopic (exact) mass is 778 g/mol. The van der Waals surface area contributed by atoms with E-state index in [-0.39, 0.29) is 36.7 Å². The molecule has 0 aliphatic heterocycles. The Kier molecular flexibility index (Phi) is 13.9. The van der Waals surface area contributed by atoms with Crippen LogP contribution in [0.15, 0.2) is 170 Å². The van der Waals surface area contributed by atoms with Crippen LogP contribution in [0, 0.1) is 0 Å². The molecule has 0 aliphatic rings. The fraction of sp³-hybridized carbons (Fsp3) is 0.130. The van der Waals surface area contributed by atoms with E-state index in [2.05, 4.69) is 69.8 Å². The predicted molar refractivity (Wildman–Crippen MR) is 230 cm³/mol. The molecule has 6 rings (SSSR count). The van der Waals surface area contributed by atoms with E-state index in [9.17, 15) is 19.2 Å². The van der Waals surface area contributed by atoms with Gasteiger partial charge in [0.15, 0.2) is 0 Å². The lowest BCUT2D eigenvalue weighted by Crippen LogP contribution is -2.49. The molecule has 0 bridgehead atoms. The molecular weight excluding hydrogens is 734 g/mol. The largest absolute Gasteiger partial charge is 0.353 e. The minimum absolute atomic E-state index is 0.143. The van der Waals surface area contributed by atoms with Crippen molar-refractivity contribution in [2.75, 3.05) is 13.1 Å². The molecule has 4 amide bonds. The van der Waals surface area contributed by atoms with Crippen LogP contribution in [0.5, 0.6) is 0 Å². The topological polar surface area (TPSA) is 116 Å². The number of carbonyl (C=O) groups excluding carboxylic acids is 4. The van der Waals surface area contributed by atoms with E-state index in [1.807, 2.05) is 109 Å². The molecule has 0 heterocycles. The summed E-state index contributed by atoms with van der Waals surface area (Å²) < 4.78 is 0. The SMILES string of the molecule is C[C@H](NC(=O)c1cccc(P(c2ccccc2)c2ccccc2)c1)C(=O)NCCNC(=O)[C@H](C)NC(=O)c1cccc(P(c2ccccc2)c2ccccc2)c1. The number of nitrogens with one attached hydrogen (secondary N) is 4. The lowest BCUT2D eigenvalue weighted by molar-refractivity contribution is -0.124. The zero-order chi connectivity index (χ0) is 39.3. The lowest BCUT2D eigenvalue weighted by atomic mass is 10.2. The first-order valence-corrected chi connectivity index (χ1v) is 21.1. The molecule has 0 radical (unpaired) electrons. The van der Waals surface area contributed by atoms with Gasteiger partial charge in [0.2, 0.25) is 11.8 Å². The fourth-order valence-electron chi connectivity index (χ4n) is 6.14. The third-order valence-electron chi connectivity index (χ3n) is 9.00. The summed E-state index contributed by atoms with van der Waals surface area (Å²) in [5.74, 6) is -1.48. The molecule has 8 nitrogen and oxygen atoms in total. The van der Waals surface area contributed by atoms with E-state index >= 15 is 0 Å². The molecule has 6 aromatic carbocycles. The summed E-state index contributed by atoms with van der Waals surface area (Å²) in [6.45, 7) is 3.52. The van der Waals surface area contributed by atoms with Crippen molar-refractivity contribution in [3.63, 3.8) is 0 Å². The van der Waals surface area contributed by atoms with Gasteiger partial charge in [-0.2, -0.15) is 0 Å². The van der Waals surface area contributed by atoms with Crippen LogP contribution in [-0.4, -0.2) is 48.8 Å². The van der Waals surface area contributed by atoms with E-state index < -0.39 is 27.9 Å². The molecule has 0 aromatic heterocycles. The Morgan fingerprint density at radius 1 is 0.411 bits per heavy atom. The maximum absolute atomic E-state index is 13.3. The number of hydrogen-bond donors (Lipinski definition) is 4. The molecular formula is C46H44N4O4P2. The van der Waals surface area contributed by atoms with E-state index in [0.717, 1.165) is 10.6 Å². The first kappa shape index (κ1) is 39.7. The highest BCUT2D eigenvalue weighted by molar-refractivity contribution is 7.80. The standard InChI is InChI=1S/C46H44N4O4P2/c1-33(49-45(53)35-17-15-27-41(31-35)55(37-19-7-3-8-20-37)38-21-9-4-10-22-38)43(51)47-29-30-48-44(52)34(2)50-46(54)36-18-16-28-42(32-36)56(39-23-11-5-12-24-39)40-25-13-6-14-26-40/h3-28,31-34H,29-30H2,1-2H3,(H,47,51)(H,48,52)(H,49,53)(H,50,54)/t33-,34-/m0/s1. The fourth-order valence-corrected chi connectivity index (χ4v) is 10.8. The van der Waals surface area contributed by atoms with Crippen LogP contribution in [0.2, 0.25) is 0 Å². The number of carbonyl (C=O) groups is 4. The summed E-state index contributed by atoms with van der Waals surface area (Å²) >= 11 is 0. The Morgan fingerprint density at radius 3 is 1.00 bits per heavy atom. The van der Waals surface area contributed by atoms with E-state index in [1.165, 1.54) is 21.2 Å². The summed E-state index contributed by atoms with van der Waals surface area (Å²) in [4.78, 5) is 52.4. The lowest BCUT2D eigenvalue weighted by Gasteiger charge is -2.20. The van der Waals surface area contributed by atoms with Crippen molar-refractivity contribution in [2.24, 2.45) is 0 Å². The number of hydrogen-bond acceptors (Lipinski definition) is 4. The van der Waals surface area contributed by atoms with Gasteiger partial charge in [-0.1, -0.05) is 146 Å². The molecule has 0 aliphatic carbocycles. The van der Waals surface area contributed by atoms with Gasteiger partial charge in [0.25, 0.3) is 11.8 Å². The van der Waals surface area contributed by atoms with Gasteiger partial charge in [0.1, 0.15) is 12.1 Å². The Bertz CT molecular complexity index is 2000. The van der Waals surface area contributed by atoms with Gasteiger partial charge in [0.05, 0.1) is 0 Å². The summed E-state index contributed by atoms with van der Waals surface area (Å²) in [6.07, 6.45) is 0. The highest BCUT2D eigenvalue weighted by atomic mass is 31.1. The third kappa shape index (κ3) is 10.4. The highest BCUT2D eigenvalue weighted by Crippen LogP contribution is 2.34. The first-order chi connectivity index (χ1) is 27.3. The molecule has 10 heteroatoms. The maximum Gasteiger partial charge on any atom is 0.251 e. The van der Waals surface area contributed by atoms with Crippen LogP contribution in [0.1, 0.15) is 34.6 Å². The van der Waals surface area contributed by atoms with E-state index in [1.54, 1.807) is 26.0 Å².